The maximum absolute atomic E-state index is 14.8. The van der Waals surface area contributed by atoms with E-state index in [0.717, 1.165) is 40.3 Å². The van der Waals surface area contributed by atoms with Crippen LogP contribution in [0.25, 0.3) is 5.69 Å². The molecule has 56 heavy (non-hydrogen) atoms. The van der Waals surface area contributed by atoms with E-state index < -0.39 is 11.2 Å². The molecule has 1 N–H and O–H groups in total. The van der Waals surface area contributed by atoms with Crippen LogP contribution in [-0.2, 0) is 4.74 Å². The van der Waals surface area contributed by atoms with Crippen LogP contribution in [0.5, 0.6) is 11.8 Å². The molecule has 8 rings (SSSR count). The van der Waals surface area contributed by atoms with Gasteiger partial charge in [-0.15, -0.1) is 0 Å². The van der Waals surface area contributed by atoms with Crippen LogP contribution in [-0.4, -0.2) is 80.4 Å². The predicted octanol–water partition coefficient (Wildman–Crippen LogP) is 8.24. The molecule has 16 heteroatoms. The summed E-state index contributed by atoms with van der Waals surface area (Å²) in [5.74, 6) is 2.67. The average Bonchev–Trinajstić information content (AvgIpc) is 4.16. The van der Waals surface area contributed by atoms with Crippen LogP contribution in [0.3, 0.4) is 0 Å². The molecule has 2 saturated carbocycles. The lowest BCUT2D eigenvalue weighted by atomic mass is 9.99. The van der Waals surface area contributed by atoms with E-state index in [2.05, 4.69) is 68.2 Å². The van der Waals surface area contributed by atoms with Gasteiger partial charge in [-0.3, -0.25) is 4.79 Å². The van der Waals surface area contributed by atoms with Crippen molar-refractivity contribution in [3.05, 3.63) is 99.4 Å². The monoisotopic (exact) mass is 847 g/mol. The standard InChI is InChI=1S/C25H28ClFN6O3.C15H16BrN3O/c1-2-36-22-14-28-21(13-29-22)32(17-4-5-17)18-6-8-19(9-7-18)33-24(34)23(26)20(12-31-33)30-15-25(27)10-3-11-35-16-25;1-2-20-15-10-17-14(9-18-15)19(13-7-8-13)12-5-3-11(16)4-6-12/h6-9,12-14,17,30H,2-5,10-11,15-16H2,1H3;3-6,9-10,13H,2,7-8H2,1H3/t25-;/m0./s1. The summed E-state index contributed by atoms with van der Waals surface area (Å²) >= 11 is 9.80. The summed E-state index contributed by atoms with van der Waals surface area (Å²) in [7, 11) is 0. The molecule has 0 unspecified atom stereocenters. The van der Waals surface area contributed by atoms with Crippen molar-refractivity contribution in [1.29, 1.82) is 0 Å². The Kier molecular flexibility index (Phi) is 12.6. The van der Waals surface area contributed by atoms with Crippen LogP contribution in [0.1, 0.15) is 52.4 Å². The van der Waals surface area contributed by atoms with Crippen LogP contribution >= 0.6 is 27.5 Å². The Balaban J connectivity index is 0.000000202. The third-order valence-electron chi connectivity index (χ3n) is 9.40. The fourth-order valence-electron chi connectivity index (χ4n) is 6.35. The molecule has 0 amide bonds. The molecular formula is C40H44BrClFN9O4. The van der Waals surface area contributed by atoms with Gasteiger partial charge < -0.3 is 29.3 Å². The second-order valence-corrected chi connectivity index (χ2v) is 15.0. The van der Waals surface area contributed by atoms with Gasteiger partial charge in [0.25, 0.3) is 5.56 Å². The Morgan fingerprint density at radius 2 is 1.41 bits per heavy atom. The number of hydrogen-bond acceptors (Lipinski definition) is 12. The third kappa shape index (κ3) is 9.74. The van der Waals surface area contributed by atoms with Gasteiger partial charge in [0.05, 0.1) is 68.7 Å². The highest BCUT2D eigenvalue weighted by Gasteiger charge is 2.34. The fraction of sp³-hybridized carbons (Fsp3) is 0.400. The van der Waals surface area contributed by atoms with Crippen molar-refractivity contribution in [1.82, 2.24) is 29.7 Å². The van der Waals surface area contributed by atoms with Crippen molar-refractivity contribution in [2.45, 2.75) is 70.1 Å². The van der Waals surface area contributed by atoms with E-state index in [1.165, 1.54) is 23.7 Å². The molecule has 0 bridgehead atoms. The Hall–Kier alpha value is -4.86. The van der Waals surface area contributed by atoms with Gasteiger partial charge in [-0.2, -0.15) is 9.78 Å². The summed E-state index contributed by atoms with van der Waals surface area (Å²) in [5, 5.41) is 7.14. The Morgan fingerprint density at radius 3 is 1.88 bits per heavy atom. The summed E-state index contributed by atoms with van der Waals surface area (Å²) in [6.07, 6.45) is 13.8. The number of hydrogen-bond donors (Lipinski definition) is 1. The topological polar surface area (TPSA) is 133 Å². The zero-order valence-electron chi connectivity index (χ0n) is 31.3. The van der Waals surface area contributed by atoms with Crippen LogP contribution in [0.15, 0.2) is 88.8 Å². The molecule has 1 aliphatic heterocycles. The van der Waals surface area contributed by atoms with E-state index in [9.17, 15) is 9.18 Å². The van der Waals surface area contributed by atoms with Crippen molar-refractivity contribution in [3.8, 4) is 17.4 Å². The molecule has 3 fully saturated rings. The minimum Gasteiger partial charge on any atom is -0.477 e. The van der Waals surface area contributed by atoms with Crippen LogP contribution in [0, 0.1) is 0 Å². The second-order valence-electron chi connectivity index (χ2n) is 13.7. The van der Waals surface area contributed by atoms with Crippen molar-refractivity contribution < 1.29 is 18.6 Å². The molecule has 2 aliphatic carbocycles. The van der Waals surface area contributed by atoms with Gasteiger partial charge in [0.2, 0.25) is 11.8 Å². The summed E-state index contributed by atoms with van der Waals surface area (Å²) in [5.41, 5.74) is 0.959. The average molecular weight is 849 g/mol. The van der Waals surface area contributed by atoms with E-state index >= 15 is 0 Å². The summed E-state index contributed by atoms with van der Waals surface area (Å²) in [4.78, 5) is 35.0. The van der Waals surface area contributed by atoms with Gasteiger partial charge in [0, 0.05) is 34.5 Å². The molecule has 2 aromatic carbocycles. The van der Waals surface area contributed by atoms with E-state index in [1.54, 1.807) is 36.9 Å². The van der Waals surface area contributed by atoms with Gasteiger partial charge in [0.1, 0.15) is 5.02 Å². The van der Waals surface area contributed by atoms with Gasteiger partial charge in [0.15, 0.2) is 17.3 Å². The van der Waals surface area contributed by atoms with E-state index in [4.69, 9.17) is 25.8 Å². The first-order valence-electron chi connectivity index (χ1n) is 18.9. The Bertz CT molecular complexity index is 2100. The first-order chi connectivity index (χ1) is 27.2. The number of nitrogens with zero attached hydrogens (tertiary/aromatic N) is 8. The lowest BCUT2D eigenvalue weighted by molar-refractivity contribution is -0.0234. The molecule has 1 atom stereocenters. The molecule has 1 saturated heterocycles. The molecule has 0 radical (unpaired) electrons. The number of benzene rings is 2. The van der Waals surface area contributed by atoms with E-state index in [0.29, 0.717) is 67.9 Å². The summed E-state index contributed by atoms with van der Waals surface area (Å²) < 4.78 is 33.1. The molecule has 5 aromatic rings. The highest BCUT2D eigenvalue weighted by atomic mass is 79.9. The number of ether oxygens (including phenoxy) is 3. The van der Waals surface area contributed by atoms with Crippen LogP contribution < -0.4 is 30.1 Å². The molecule has 3 aliphatic rings. The highest BCUT2D eigenvalue weighted by Crippen LogP contribution is 2.39. The Morgan fingerprint density at radius 1 is 0.857 bits per heavy atom. The lowest BCUT2D eigenvalue weighted by Crippen LogP contribution is -2.40. The van der Waals surface area contributed by atoms with Crippen molar-refractivity contribution in [2.24, 2.45) is 0 Å². The summed E-state index contributed by atoms with van der Waals surface area (Å²) in [6, 6.07) is 16.6. The predicted molar refractivity (Wildman–Crippen MR) is 218 cm³/mol. The highest BCUT2D eigenvalue weighted by molar-refractivity contribution is 9.10. The number of halogens is 3. The number of aromatic nitrogens is 6. The zero-order valence-corrected chi connectivity index (χ0v) is 33.6. The molecule has 3 aromatic heterocycles. The van der Waals surface area contributed by atoms with E-state index in [-0.39, 0.29) is 18.2 Å². The third-order valence-corrected chi connectivity index (χ3v) is 10.3. The van der Waals surface area contributed by atoms with Crippen molar-refractivity contribution in [2.75, 3.05) is 48.1 Å². The maximum atomic E-state index is 14.8. The van der Waals surface area contributed by atoms with Gasteiger partial charge in [-0.25, -0.2) is 24.3 Å². The largest absolute Gasteiger partial charge is 0.477 e. The van der Waals surface area contributed by atoms with Gasteiger partial charge in [-0.05, 0) is 101 Å². The molecule has 13 nitrogen and oxygen atoms in total. The smallest absolute Gasteiger partial charge is 0.292 e. The number of anilines is 5. The van der Waals surface area contributed by atoms with Crippen molar-refractivity contribution >= 4 is 56.2 Å². The van der Waals surface area contributed by atoms with Gasteiger partial charge in [-0.1, -0.05) is 27.5 Å². The summed E-state index contributed by atoms with van der Waals surface area (Å²) in [6.45, 7) is 5.56. The first-order valence-corrected chi connectivity index (χ1v) is 20.0. The quantitative estimate of drug-likeness (QED) is 0.115. The molecule has 4 heterocycles. The number of rotatable bonds is 14. The minimum absolute atomic E-state index is 0.00199. The lowest BCUT2D eigenvalue weighted by Gasteiger charge is -2.29. The van der Waals surface area contributed by atoms with Gasteiger partial charge >= 0.3 is 0 Å². The van der Waals surface area contributed by atoms with Crippen molar-refractivity contribution in [3.63, 3.8) is 0 Å². The molecular weight excluding hydrogens is 805 g/mol. The SMILES string of the molecule is CCOc1cnc(N(c2ccc(-n3ncc(NC[C@@]4(F)CCCOC4)c(Cl)c3=O)cc2)C2CC2)cn1.CCOc1cnc(N(c2ccc(Br)cc2)C2CC2)cn1. The Labute approximate surface area is 338 Å². The number of nitrogens with one attached hydrogen (secondary N) is 1. The van der Waals surface area contributed by atoms with E-state index in [1.807, 2.05) is 38.1 Å². The van der Waals surface area contributed by atoms with Crippen LogP contribution in [0.4, 0.5) is 33.1 Å². The molecule has 294 valence electrons. The minimum atomic E-state index is -1.49. The normalized spacial score (nSPS) is 17.7. The zero-order chi connectivity index (χ0) is 39.1. The second kappa shape index (κ2) is 17.9. The fourth-order valence-corrected chi connectivity index (χ4v) is 6.81. The molecule has 0 spiro atoms. The number of alkyl halides is 1. The van der Waals surface area contributed by atoms with Crippen LogP contribution in [0.2, 0.25) is 5.02 Å². The maximum Gasteiger partial charge on any atom is 0.292 e. The first kappa shape index (κ1) is 39.4.